The summed E-state index contributed by atoms with van der Waals surface area (Å²) >= 11 is 7.23. The van der Waals surface area contributed by atoms with E-state index >= 15 is 0 Å². The first-order valence-electron chi connectivity index (χ1n) is 4.27. The van der Waals surface area contributed by atoms with Gasteiger partial charge in [0.05, 0.1) is 6.10 Å². The predicted molar refractivity (Wildman–Crippen MR) is 59.4 cm³/mol. The van der Waals surface area contributed by atoms with E-state index in [1.807, 2.05) is 6.26 Å². The van der Waals surface area contributed by atoms with E-state index < -0.39 is 11.9 Å². The van der Waals surface area contributed by atoms with E-state index in [9.17, 15) is 9.50 Å². The fourth-order valence-corrected chi connectivity index (χ4v) is 1.77. The molecule has 78 valence electrons. The highest BCUT2D eigenvalue weighted by atomic mass is 35.5. The average Bonchev–Trinajstić information content (AvgIpc) is 2.14. The molecule has 14 heavy (non-hydrogen) atoms. The first kappa shape index (κ1) is 11.8. The van der Waals surface area contributed by atoms with E-state index in [1.165, 1.54) is 12.1 Å². The van der Waals surface area contributed by atoms with Gasteiger partial charge in [-0.3, -0.25) is 0 Å². The Bertz CT molecular complexity index is 306. The van der Waals surface area contributed by atoms with E-state index in [-0.39, 0.29) is 0 Å². The zero-order chi connectivity index (χ0) is 10.6. The van der Waals surface area contributed by atoms with Gasteiger partial charge in [-0.25, -0.2) is 4.39 Å². The van der Waals surface area contributed by atoms with Crippen LogP contribution in [0.15, 0.2) is 18.2 Å². The van der Waals surface area contributed by atoms with E-state index in [0.29, 0.717) is 17.0 Å². The summed E-state index contributed by atoms with van der Waals surface area (Å²) in [5.74, 6) is 0.370. The van der Waals surface area contributed by atoms with Gasteiger partial charge in [-0.15, -0.1) is 0 Å². The molecule has 1 aromatic rings. The summed E-state index contributed by atoms with van der Waals surface area (Å²) in [5.41, 5.74) is 0.323. The third-order valence-corrected chi connectivity index (χ3v) is 2.80. The fraction of sp³-hybridized carbons (Fsp3) is 0.400. The lowest BCUT2D eigenvalue weighted by atomic mass is 10.1. The molecule has 4 heteroatoms. The van der Waals surface area contributed by atoms with E-state index in [4.69, 9.17) is 11.6 Å². The van der Waals surface area contributed by atoms with Crippen molar-refractivity contribution in [1.82, 2.24) is 0 Å². The summed E-state index contributed by atoms with van der Waals surface area (Å²) in [7, 11) is 0. The monoisotopic (exact) mass is 234 g/mol. The number of aliphatic hydroxyl groups excluding tert-OH is 1. The smallest absolute Gasteiger partial charge is 0.130 e. The highest BCUT2D eigenvalue weighted by Crippen LogP contribution is 2.23. The van der Waals surface area contributed by atoms with Gasteiger partial charge < -0.3 is 5.11 Å². The molecule has 0 heterocycles. The molecule has 1 aromatic carbocycles. The fourth-order valence-electron chi connectivity index (χ4n) is 1.16. The second-order valence-corrected chi connectivity index (χ2v) is 4.39. The summed E-state index contributed by atoms with van der Waals surface area (Å²) in [6.07, 6.45) is 1.77. The molecule has 0 radical (unpaired) electrons. The highest BCUT2D eigenvalue weighted by Gasteiger charge is 2.12. The molecule has 0 aliphatic carbocycles. The molecule has 0 aliphatic rings. The van der Waals surface area contributed by atoms with Gasteiger partial charge in [0.1, 0.15) is 5.82 Å². The van der Waals surface area contributed by atoms with Crippen LogP contribution in [-0.4, -0.2) is 17.1 Å². The number of halogens is 2. The van der Waals surface area contributed by atoms with Gasteiger partial charge in [0.15, 0.2) is 0 Å². The first-order valence-corrected chi connectivity index (χ1v) is 6.04. The minimum Gasteiger partial charge on any atom is -0.388 e. The summed E-state index contributed by atoms with van der Waals surface area (Å²) in [6.45, 7) is 0. The Hall–Kier alpha value is -0.250. The molecule has 0 aliphatic heterocycles. The molecule has 1 N–H and O–H groups in total. The van der Waals surface area contributed by atoms with Gasteiger partial charge in [0.25, 0.3) is 0 Å². The zero-order valence-electron chi connectivity index (χ0n) is 7.84. The average molecular weight is 235 g/mol. The Balaban J connectivity index is 2.74. The number of aliphatic hydroxyl groups is 1. The Morgan fingerprint density at radius 1 is 1.57 bits per heavy atom. The number of hydrogen-bond acceptors (Lipinski definition) is 2. The molecule has 0 aromatic heterocycles. The molecule has 1 atom stereocenters. The Kier molecular flexibility index (Phi) is 4.72. The predicted octanol–water partition coefficient (Wildman–Crippen LogP) is 3.27. The van der Waals surface area contributed by atoms with Crippen LogP contribution in [0, 0.1) is 5.82 Å². The van der Waals surface area contributed by atoms with Crippen molar-refractivity contribution in [3.63, 3.8) is 0 Å². The molecule has 1 rings (SSSR count). The van der Waals surface area contributed by atoms with Crippen LogP contribution in [0.2, 0.25) is 5.02 Å². The molecular formula is C10H12ClFOS. The molecule has 0 bridgehead atoms. The third kappa shape index (κ3) is 3.15. The second-order valence-electron chi connectivity index (χ2n) is 2.96. The van der Waals surface area contributed by atoms with Crippen molar-refractivity contribution in [3.05, 3.63) is 34.6 Å². The lowest BCUT2D eigenvalue weighted by molar-refractivity contribution is 0.170. The highest BCUT2D eigenvalue weighted by molar-refractivity contribution is 7.98. The minimum absolute atomic E-state index is 0.323. The second kappa shape index (κ2) is 5.59. The Morgan fingerprint density at radius 2 is 2.29 bits per heavy atom. The van der Waals surface area contributed by atoms with Crippen LogP contribution in [0.4, 0.5) is 4.39 Å². The third-order valence-electron chi connectivity index (χ3n) is 1.92. The normalized spacial score (nSPS) is 12.9. The van der Waals surface area contributed by atoms with Crippen LogP contribution in [0.1, 0.15) is 18.1 Å². The van der Waals surface area contributed by atoms with Gasteiger partial charge in [-0.05, 0) is 30.6 Å². The van der Waals surface area contributed by atoms with E-state index in [2.05, 4.69) is 0 Å². The van der Waals surface area contributed by atoms with Crippen molar-refractivity contribution in [2.75, 3.05) is 12.0 Å². The maximum atomic E-state index is 13.3. The molecule has 0 saturated carbocycles. The lowest BCUT2D eigenvalue weighted by Gasteiger charge is -2.10. The largest absolute Gasteiger partial charge is 0.388 e. The number of rotatable bonds is 4. The molecule has 0 saturated heterocycles. The Morgan fingerprint density at radius 3 is 2.86 bits per heavy atom. The summed E-state index contributed by atoms with van der Waals surface area (Å²) in [6, 6.07) is 4.34. The summed E-state index contributed by atoms with van der Waals surface area (Å²) < 4.78 is 13.3. The number of benzene rings is 1. The van der Waals surface area contributed by atoms with Crippen LogP contribution < -0.4 is 0 Å². The van der Waals surface area contributed by atoms with Crippen molar-refractivity contribution < 1.29 is 9.50 Å². The van der Waals surface area contributed by atoms with Crippen LogP contribution in [0.5, 0.6) is 0 Å². The van der Waals surface area contributed by atoms with Crippen LogP contribution in [0.3, 0.4) is 0 Å². The molecule has 1 unspecified atom stereocenters. The van der Waals surface area contributed by atoms with Gasteiger partial charge in [0.2, 0.25) is 0 Å². The van der Waals surface area contributed by atoms with Crippen LogP contribution in [0.25, 0.3) is 0 Å². The SMILES string of the molecule is CSCCC(O)c1ccc(Cl)cc1F. The number of hydrogen-bond donors (Lipinski definition) is 1. The van der Waals surface area contributed by atoms with Gasteiger partial charge >= 0.3 is 0 Å². The quantitative estimate of drug-likeness (QED) is 0.863. The molecule has 0 amide bonds. The Labute approximate surface area is 92.3 Å². The van der Waals surface area contributed by atoms with Crippen molar-refractivity contribution in [1.29, 1.82) is 0 Å². The maximum absolute atomic E-state index is 13.3. The summed E-state index contributed by atoms with van der Waals surface area (Å²) in [5, 5.41) is 9.98. The van der Waals surface area contributed by atoms with Gasteiger partial charge in [0, 0.05) is 10.6 Å². The van der Waals surface area contributed by atoms with Gasteiger partial charge in [-0.1, -0.05) is 17.7 Å². The standard InChI is InChI=1S/C10H12ClFOS/c1-14-5-4-10(13)8-3-2-7(11)6-9(8)12/h2-3,6,10,13H,4-5H2,1H3. The number of thioether (sulfide) groups is 1. The van der Waals surface area contributed by atoms with Crippen molar-refractivity contribution >= 4 is 23.4 Å². The van der Waals surface area contributed by atoms with Crippen molar-refractivity contribution in [2.45, 2.75) is 12.5 Å². The van der Waals surface area contributed by atoms with E-state index in [0.717, 1.165) is 5.75 Å². The molecule has 0 spiro atoms. The van der Waals surface area contributed by atoms with Crippen LogP contribution in [-0.2, 0) is 0 Å². The summed E-state index contributed by atoms with van der Waals surface area (Å²) in [4.78, 5) is 0. The molecule has 1 nitrogen and oxygen atoms in total. The van der Waals surface area contributed by atoms with Crippen molar-refractivity contribution in [2.24, 2.45) is 0 Å². The lowest BCUT2D eigenvalue weighted by Crippen LogP contribution is -2.01. The van der Waals surface area contributed by atoms with E-state index in [1.54, 1.807) is 17.8 Å². The topological polar surface area (TPSA) is 20.2 Å². The first-order chi connectivity index (χ1) is 6.65. The van der Waals surface area contributed by atoms with Crippen molar-refractivity contribution in [3.8, 4) is 0 Å². The molecular weight excluding hydrogens is 223 g/mol. The minimum atomic E-state index is -0.736. The molecule has 0 fully saturated rings. The maximum Gasteiger partial charge on any atom is 0.130 e. The zero-order valence-corrected chi connectivity index (χ0v) is 9.41. The van der Waals surface area contributed by atoms with Gasteiger partial charge in [-0.2, -0.15) is 11.8 Å². The van der Waals surface area contributed by atoms with Crippen LogP contribution >= 0.6 is 23.4 Å².